The fraction of sp³-hybridized carbons (Fsp3) is 0.733. The lowest BCUT2D eigenvalue weighted by Crippen LogP contribution is -2.18. The third-order valence-electron chi connectivity index (χ3n) is 3.25. The zero-order valence-electron chi connectivity index (χ0n) is 11.8. The minimum Gasteiger partial charge on any atom is -0.302 e. The Kier molecular flexibility index (Phi) is 10.5. The summed E-state index contributed by atoms with van der Waals surface area (Å²) >= 11 is 8.77. The molecular weight excluding hydrogens is 386 g/mol. The van der Waals surface area contributed by atoms with Crippen molar-refractivity contribution in [3.8, 4) is 0 Å². The molecule has 0 fully saturated rings. The van der Waals surface area contributed by atoms with Crippen molar-refractivity contribution < 1.29 is 0 Å². The summed E-state index contributed by atoms with van der Waals surface area (Å²) in [6.45, 7) is 2.29. The van der Waals surface area contributed by atoms with Crippen molar-refractivity contribution in [2.24, 2.45) is 0 Å². The monoisotopic (exact) mass is 409 g/mol. The van der Waals surface area contributed by atoms with E-state index in [2.05, 4.69) is 55.3 Å². The van der Waals surface area contributed by atoms with Crippen LogP contribution in [0.5, 0.6) is 0 Å². The van der Waals surface area contributed by atoms with Gasteiger partial charge in [-0.25, -0.2) is 0 Å². The van der Waals surface area contributed by atoms with Crippen molar-refractivity contribution in [2.45, 2.75) is 51.5 Å². The lowest BCUT2D eigenvalue weighted by atomic mass is 10.1. The Morgan fingerprint density at radius 3 is 2.26 bits per heavy atom. The van der Waals surface area contributed by atoms with Crippen LogP contribution in [-0.2, 0) is 6.54 Å². The molecule has 0 bridgehead atoms. The van der Waals surface area contributed by atoms with Gasteiger partial charge >= 0.3 is 0 Å². The van der Waals surface area contributed by atoms with Gasteiger partial charge in [-0.15, -0.1) is 11.3 Å². The molecule has 1 nitrogen and oxygen atoms in total. The van der Waals surface area contributed by atoms with Gasteiger partial charge < -0.3 is 4.90 Å². The Morgan fingerprint density at radius 2 is 1.68 bits per heavy atom. The minimum absolute atomic E-state index is 1.08. The lowest BCUT2D eigenvalue weighted by molar-refractivity contribution is 0.317. The SMILES string of the molecule is CN(CCCCCCCCCBr)Cc1csc(Br)c1. The van der Waals surface area contributed by atoms with Crippen LogP contribution in [0.15, 0.2) is 15.2 Å². The van der Waals surface area contributed by atoms with Crippen LogP contribution >= 0.6 is 43.2 Å². The number of unbranched alkanes of at least 4 members (excludes halogenated alkanes) is 6. The third kappa shape index (κ3) is 9.22. The van der Waals surface area contributed by atoms with Crippen molar-refractivity contribution >= 4 is 43.2 Å². The quantitative estimate of drug-likeness (QED) is 0.316. The molecule has 0 atom stereocenters. The fourth-order valence-corrected chi connectivity index (χ4v) is 3.78. The second kappa shape index (κ2) is 11.3. The molecule has 0 aliphatic carbocycles. The van der Waals surface area contributed by atoms with Gasteiger partial charge in [0, 0.05) is 11.9 Å². The van der Waals surface area contributed by atoms with Crippen LogP contribution in [0.2, 0.25) is 0 Å². The molecule has 0 aliphatic rings. The molecule has 4 heteroatoms. The maximum absolute atomic E-state index is 3.52. The summed E-state index contributed by atoms with van der Waals surface area (Å²) in [6, 6.07) is 2.23. The first kappa shape index (κ1) is 17.7. The molecule has 110 valence electrons. The average Bonchev–Trinajstić information content (AvgIpc) is 2.78. The molecule has 0 saturated heterocycles. The van der Waals surface area contributed by atoms with Gasteiger partial charge in [-0.05, 0) is 59.4 Å². The molecule has 0 aliphatic heterocycles. The second-order valence-electron chi connectivity index (χ2n) is 5.16. The Hall–Kier alpha value is 0.620. The van der Waals surface area contributed by atoms with Gasteiger partial charge in [-0.3, -0.25) is 0 Å². The predicted octanol–water partition coefficient (Wildman–Crippen LogP) is 6.07. The molecule has 1 rings (SSSR count). The summed E-state index contributed by atoms with van der Waals surface area (Å²) in [6.07, 6.45) is 9.65. The van der Waals surface area contributed by atoms with Crippen LogP contribution in [0.1, 0.15) is 50.5 Å². The number of alkyl halides is 1. The van der Waals surface area contributed by atoms with Crippen molar-refractivity contribution in [1.29, 1.82) is 0 Å². The van der Waals surface area contributed by atoms with E-state index in [1.807, 2.05) is 0 Å². The molecule has 0 radical (unpaired) electrons. The number of nitrogens with zero attached hydrogens (tertiary/aromatic N) is 1. The topological polar surface area (TPSA) is 3.24 Å². The number of halogens is 2. The van der Waals surface area contributed by atoms with Gasteiger partial charge in [0.2, 0.25) is 0 Å². The summed E-state index contributed by atoms with van der Waals surface area (Å²) in [4.78, 5) is 2.43. The largest absolute Gasteiger partial charge is 0.302 e. The highest BCUT2D eigenvalue weighted by molar-refractivity contribution is 9.11. The summed E-state index contributed by atoms with van der Waals surface area (Å²) in [5.74, 6) is 0. The van der Waals surface area contributed by atoms with E-state index in [0.29, 0.717) is 0 Å². The molecule has 0 unspecified atom stereocenters. The van der Waals surface area contributed by atoms with Crippen molar-refractivity contribution in [1.82, 2.24) is 4.90 Å². The Balaban J connectivity index is 1.94. The molecule has 0 aromatic carbocycles. The van der Waals surface area contributed by atoms with Gasteiger partial charge in [0.15, 0.2) is 0 Å². The number of thiophene rings is 1. The molecular formula is C15H25Br2NS. The van der Waals surface area contributed by atoms with E-state index in [9.17, 15) is 0 Å². The van der Waals surface area contributed by atoms with Gasteiger partial charge in [0.25, 0.3) is 0 Å². The summed E-state index contributed by atoms with van der Waals surface area (Å²) in [7, 11) is 2.22. The first-order valence-corrected chi connectivity index (χ1v) is 9.99. The van der Waals surface area contributed by atoms with E-state index < -0.39 is 0 Å². The maximum atomic E-state index is 3.52. The molecule has 0 spiro atoms. The molecule has 19 heavy (non-hydrogen) atoms. The van der Waals surface area contributed by atoms with E-state index in [4.69, 9.17) is 0 Å². The van der Waals surface area contributed by atoms with Crippen LogP contribution in [0.25, 0.3) is 0 Å². The van der Waals surface area contributed by atoms with Crippen LogP contribution in [0, 0.1) is 0 Å². The Labute approximate surface area is 139 Å². The molecule has 0 amide bonds. The standard InChI is InChI=1S/C15H25Br2NS/c1-18(12-14-11-15(17)19-13-14)10-8-6-4-2-3-5-7-9-16/h11,13H,2-10,12H2,1H3. The predicted molar refractivity (Wildman–Crippen MR) is 94.5 cm³/mol. The van der Waals surface area contributed by atoms with Crippen molar-refractivity contribution in [3.05, 3.63) is 20.8 Å². The summed E-state index contributed by atoms with van der Waals surface area (Å²) in [5, 5.41) is 3.40. The van der Waals surface area contributed by atoms with Crippen molar-refractivity contribution in [3.63, 3.8) is 0 Å². The normalized spacial score (nSPS) is 11.4. The van der Waals surface area contributed by atoms with Crippen LogP contribution in [-0.4, -0.2) is 23.8 Å². The number of rotatable bonds is 11. The fourth-order valence-electron chi connectivity index (χ4n) is 2.18. The van der Waals surface area contributed by atoms with E-state index >= 15 is 0 Å². The molecule has 0 N–H and O–H groups in total. The maximum Gasteiger partial charge on any atom is 0.0701 e. The van der Waals surface area contributed by atoms with Crippen LogP contribution < -0.4 is 0 Å². The summed E-state index contributed by atoms with van der Waals surface area (Å²) < 4.78 is 1.24. The third-order valence-corrected chi connectivity index (χ3v) is 5.36. The average molecular weight is 411 g/mol. The Morgan fingerprint density at radius 1 is 1.05 bits per heavy atom. The second-order valence-corrected chi connectivity index (χ2v) is 8.24. The lowest BCUT2D eigenvalue weighted by Gasteiger charge is -2.15. The zero-order valence-corrected chi connectivity index (χ0v) is 15.8. The number of hydrogen-bond acceptors (Lipinski definition) is 2. The highest BCUT2D eigenvalue weighted by atomic mass is 79.9. The van der Waals surface area contributed by atoms with Gasteiger partial charge in [0.1, 0.15) is 0 Å². The molecule has 1 heterocycles. The first-order chi connectivity index (χ1) is 9.22. The van der Waals surface area contributed by atoms with E-state index in [0.717, 1.165) is 11.9 Å². The highest BCUT2D eigenvalue weighted by Crippen LogP contribution is 2.21. The van der Waals surface area contributed by atoms with Gasteiger partial charge in [-0.1, -0.05) is 48.0 Å². The highest BCUT2D eigenvalue weighted by Gasteiger charge is 2.02. The van der Waals surface area contributed by atoms with Crippen LogP contribution in [0.3, 0.4) is 0 Å². The first-order valence-electron chi connectivity index (χ1n) is 7.20. The smallest absolute Gasteiger partial charge is 0.0701 e. The molecule has 1 aromatic rings. The van der Waals surface area contributed by atoms with Crippen LogP contribution in [0.4, 0.5) is 0 Å². The van der Waals surface area contributed by atoms with Gasteiger partial charge in [-0.2, -0.15) is 0 Å². The Bertz CT molecular complexity index is 328. The van der Waals surface area contributed by atoms with E-state index in [1.165, 1.54) is 60.8 Å². The molecule has 1 aromatic heterocycles. The summed E-state index contributed by atoms with van der Waals surface area (Å²) in [5.41, 5.74) is 1.43. The zero-order chi connectivity index (χ0) is 13.9. The molecule has 0 saturated carbocycles. The van der Waals surface area contributed by atoms with Crippen molar-refractivity contribution in [2.75, 3.05) is 18.9 Å². The number of hydrogen-bond donors (Lipinski definition) is 0. The van der Waals surface area contributed by atoms with E-state index in [1.54, 1.807) is 11.3 Å². The minimum atomic E-state index is 1.08. The van der Waals surface area contributed by atoms with E-state index in [-0.39, 0.29) is 0 Å². The van der Waals surface area contributed by atoms with Gasteiger partial charge in [0.05, 0.1) is 3.79 Å².